The minimum absolute atomic E-state index is 0.356. The standard InChI is InChI=1S/C7H8O.C3H7NO2/c1-6-4-2-3-5-7(6)8;1-2-6-3(4)5/h2-5,8H,1H3;2H2,1H3,(H2,4,5). The Labute approximate surface area is 83.3 Å². The normalized spacial score (nSPS) is 8.43. The van der Waals surface area contributed by atoms with Crippen LogP contribution in [-0.2, 0) is 4.74 Å². The molecule has 0 aromatic heterocycles. The van der Waals surface area contributed by atoms with Crippen molar-refractivity contribution >= 4 is 6.09 Å². The van der Waals surface area contributed by atoms with E-state index in [9.17, 15) is 4.79 Å². The number of aryl methyl sites for hydroxylation is 1. The number of phenolic OH excluding ortho intramolecular Hbond substituents is 1. The molecule has 4 heteroatoms. The summed E-state index contributed by atoms with van der Waals surface area (Å²) in [5, 5.41) is 8.92. The maximum absolute atomic E-state index is 9.60. The van der Waals surface area contributed by atoms with Crippen molar-refractivity contribution in [1.29, 1.82) is 0 Å². The van der Waals surface area contributed by atoms with Crippen molar-refractivity contribution in [3.63, 3.8) is 0 Å². The van der Waals surface area contributed by atoms with E-state index in [0.717, 1.165) is 5.56 Å². The molecule has 0 bridgehead atoms. The van der Waals surface area contributed by atoms with Gasteiger partial charge in [0.2, 0.25) is 0 Å². The number of ether oxygens (including phenoxy) is 1. The molecule has 0 atom stereocenters. The molecule has 1 amide bonds. The second-order valence-electron chi connectivity index (χ2n) is 2.54. The van der Waals surface area contributed by atoms with E-state index in [2.05, 4.69) is 10.5 Å². The predicted molar refractivity (Wildman–Crippen MR) is 54.1 cm³/mol. The number of phenols is 1. The van der Waals surface area contributed by atoms with Crippen molar-refractivity contribution in [3.05, 3.63) is 29.8 Å². The Morgan fingerprint density at radius 2 is 2.07 bits per heavy atom. The number of para-hydroxylation sites is 1. The minimum Gasteiger partial charge on any atom is -0.508 e. The first-order valence-corrected chi connectivity index (χ1v) is 4.24. The zero-order valence-corrected chi connectivity index (χ0v) is 8.36. The Hall–Kier alpha value is -1.71. The molecule has 0 aliphatic rings. The molecule has 0 fully saturated rings. The van der Waals surface area contributed by atoms with E-state index in [0.29, 0.717) is 12.4 Å². The average Bonchev–Trinajstić information content (AvgIpc) is 2.11. The van der Waals surface area contributed by atoms with Crippen LogP contribution in [0.25, 0.3) is 0 Å². The lowest BCUT2D eigenvalue weighted by atomic mass is 10.2. The third kappa shape index (κ3) is 5.88. The minimum atomic E-state index is -0.711. The van der Waals surface area contributed by atoms with Gasteiger partial charge in [0, 0.05) is 0 Å². The second kappa shape index (κ2) is 6.77. The molecule has 1 rings (SSSR count). The van der Waals surface area contributed by atoms with E-state index in [1.165, 1.54) is 0 Å². The summed E-state index contributed by atoms with van der Waals surface area (Å²) < 4.78 is 4.18. The quantitative estimate of drug-likeness (QED) is 0.721. The van der Waals surface area contributed by atoms with E-state index < -0.39 is 6.09 Å². The fraction of sp³-hybridized carbons (Fsp3) is 0.300. The molecule has 78 valence electrons. The van der Waals surface area contributed by atoms with E-state index in [4.69, 9.17) is 5.11 Å². The molecule has 1 aromatic rings. The third-order valence-electron chi connectivity index (χ3n) is 1.40. The van der Waals surface area contributed by atoms with Crippen molar-refractivity contribution in [2.24, 2.45) is 5.73 Å². The molecule has 3 N–H and O–H groups in total. The lowest BCUT2D eigenvalue weighted by Crippen LogP contribution is -2.11. The fourth-order valence-corrected chi connectivity index (χ4v) is 0.706. The molecule has 0 radical (unpaired) electrons. The van der Waals surface area contributed by atoms with Crippen molar-refractivity contribution < 1.29 is 14.6 Å². The van der Waals surface area contributed by atoms with Gasteiger partial charge in [0.15, 0.2) is 0 Å². The van der Waals surface area contributed by atoms with Crippen LogP contribution in [0.4, 0.5) is 4.79 Å². The average molecular weight is 197 g/mol. The Morgan fingerprint density at radius 3 is 2.29 bits per heavy atom. The lowest BCUT2D eigenvalue weighted by molar-refractivity contribution is 0.163. The summed E-state index contributed by atoms with van der Waals surface area (Å²) in [7, 11) is 0. The van der Waals surface area contributed by atoms with Gasteiger partial charge in [-0.15, -0.1) is 0 Å². The highest BCUT2D eigenvalue weighted by atomic mass is 16.5. The van der Waals surface area contributed by atoms with Gasteiger partial charge in [-0.1, -0.05) is 18.2 Å². The SMILES string of the molecule is CCOC(N)=O.Cc1ccccc1O. The van der Waals surface area contributed by atoms with Gasteiger partial charge in [-0.3, -0.25) is 0 Å². The highest BCUT2D eigenvalue weighted by molar-refractivity contribution is 5.64. The first-order valence-electron chi connectivity index (χ1n) is 4.24. The second-order valence-corrected chi connectivity index (χ2v) is 2.54. The number of nitrogens with two attached hydrogens (primary N) is 1. The van der Waals surface area contributed by atoms with Crippen molar-refractivity contribution in [1.82, 2.24) is 0 Å². The maximum Gasteiger partial charge on any atom is 0.404 e. The topological polar surface area (TPSA) is 72.5 Å². The Balaban J connectivity index is 0.000000255. The van der Waals surface area contributed by atoms with Crippen molar-refractivity contribution in [2.45, 2.75) is 13.8 Å². The van der Waals surface area contributed by atoms with Gasteiger partial charge in [0.25, 0.3) is 0 Å². The van der Waals surface area contributed by atoms with Crippen LogP contribution in [0.5, 0.6) is 5.75 Å². The van der Waals surface area contributed by atoms with Gasteiger partial charge in [-0.05, 0) is 25.5 Å². The number of carbonyl (C=O) groups is 1. The lowest BCUT2D eigenvalue weighted by Gasteiger charge is -1.92. The van der Waals surface area contributed by atoms with Crippen LogP contribution in [0.15, 0.2) is 24.3 Å². The molecule has 1 aromatic carbocycles. The van der Waals surface area contributed by atoms with Crippen LogP contribution < -0.4 is 5.73 Å². The van der Waals surface area contributed by atoms with Gasteiger partial charge >= 0.3 is 6.09 Å². The van der Waals surface area contributed by atoms with E-state index >= 15 is 0 Å². The van der Waals surface area contributed by atoms with Crippen LogP contribution in [0.2, 0.25) is 0 Å². The van der Waals surface area contributed by atoms with Gasteiger partial charge in [-0.25, -0.2) is 4.79 Å². The van der Waals surface area contributed by atoms with Crippen LogP contribution in [0.3, 0.4) is 0 Å². The van der Waals surface area contributed by atoms with E-state index in [1.54, 1.807) is 13.0 Å². The van der Waals surface area contributed by atoms with Crippen molar-refractivity contribution in [2.75, 3.05) is 6.61 Å². The third-order valence-corrected chi connectivity index (χ3v) is 1.40. The molecule has 0 aliphatic heterocycles. The summed E-state index contributed by atoms with van der Waals surface area (Å²) in [5.41, 5.74) is 5.47. The highest BCUT2D eigenvalue weighted by Gasteiger charge is 1.87. The molecule has 0 spiro atoms. The Kier molecular flexibility index (Phi) is 5.94. The first-order chi connectivity index (χ1) is 6.57. The Morgan fingerprint density at radius 1 is 1.50 bits per heavy atom. The number of aromatic hydroxyl groups is 1. The van der Waals surface area contributed by atoms with Gasteiger partial charge < -0.3 is 15.6 Å². The predicted octanol–water partition coefficient (Wildman–Crippen LogP) is 1.80. The molecule has 0 heterocycles. The molecule has 0 aliphatic carbocycles. The smallest absolute Gasteiger partial charge is 0.404 e. The van der Waals surface area contributed by atoms with Crippen LogP contribution in [0, 0.1) is 6.92 Å². The van der Waals surface area contributed by atoms with Crippen LogP contribution >= 0.6 is 0 Å². The number of amides is 1. The van der Waals surface area contributed by atoms with Gasteiger partial charge in [0.1, 0.15) is 5.75 Å². The van der Waals surface area contributed by atoms with Crippen LogP contribution in [-0.4, -0.2) is 17.8 Å². The molecular formula is C10H15NO3. The monoisotopic (exact) mass is 197 g/mol. The van der Waals surface area contributed by atoms with Gasteiger partial charge in [0.05, 0.1) is 6.61 Å². The number of benzene rings is 1. The molecule has 0 unspecified atom stereocenters. The summed E-state index contributed by atoms with van der Waals surface area (Å²) in [6.45, 7) is 3.93. The molecule has 14 heavy (non-hydrogen) atoms. The van der Waals surface area contributed by atoms with E-state index in [1.807, 2.05) is 25.1 Å². The molecule has 4 nitrogen and oxygen atoms in total. The fourth-order valence-electron chi connectivity index (χ4n) is 0.706. The summed E-state index contributed by atoms with van der Waals surface area (Å²) in [5.74, 6) is 0.368. The number of primary amides is 1. The number of hydrogen-bond donors (Lipinski definition) is 2. The van der Waals surface area contributed by atoms with Gasteiger partial charge in [-0.2, -0.15) is 0 Å². The number of hydrogen-bond acceptors (Lipinski definition) is 3. The summed E-state index contributed by atoms with van der Waals surface area (Å²) in [6, 6.07) is 7.25. The zero-order chi connectivity index (χ0) is 11.0. The van der Waals surface area contributed by atoms with Crippen molar-refractivity contribution in [3.8, 4) is 5.75 Å². The Bertz CT molecular complexity index is 265. The van der Waals surface area contributed by atoms with E-state index in [-0.39, 0.29) is 0 Å². The molecule has 0 saturated heterocycles. The molecular weight excluding hydrogens is 182 g/mol. The zero-order valence-electron chi connectivity index (χ0n) is 8.36. The summed E-state index contributed by atoms with van der Waals surface area (Å²) >= 11 is 0. The maximum atomic E-state index is 9.60. The highest BCUT2D eigenvalue weighted by Crippen LogP contribution is 2.12. The van der Waals surface area contributed by atoms with Crippen LogP contribution in [0.1, 0.15) is 12.5 Å². The summed E-state index contributed by atoms with van der Waals surface area (Å²) in [4.78, 5) is 9.60. The molecule has 0 saturated carbocycles. The number of rotatable bonds is 1. The largest absolute Gasteiger partial charge is 0.508 e. The number of carbonyl (C=O) groups excluding carboxylic acids is 1. The summed E-state index contributed by atoms with van der Waals surface area (Å²) in [6.07, 6.45) is -0.711. The first kappa shape index (κ1) is 12.3.